The van der Waals surface area contributed by atoms with Gasteiger partial charge >= 0.3 is 0 Å². The zero-order valence-corrected chi connectivity index (χ0v) is 16.7. The molecule has 3 aromatic heterocycles. The minimum Gasteiger partial charge on any atom is -0.352 e. The van der Waals surface area contributed by atoms with Crippen molar-refractivity contribution in [2.24, 2.45) is 0 Å². The van der Waals surface area contributed by atoms with Crippen LogP contribution in [-0.2, 0) is 13.1 Å². The van der Waals surface area contributed by atoms with Crippen molar-refractivity contribution in [3.63, 3.8) is 0 Å². The van der Waals surface area contributed by atoms with E-state index < -0.39 is 0 Å². The van der Waals surface area contributed by atoms with Crippen LogP contribution in [0.15, 0.2) is 55.0 Å². The molecule has 148 valence electrons. The number of para-hydroxylation sites is 1. The van der Waals surface area contributed by atoms with Crippen molar-refractivity contribution < 1.29 is 4.79 Å². The standard InChI is InChI=1S/C22H24N6O/c1-3-27-15-19(16(2)26-27)21-14-18(17-8-4-5-9-20(17)25-21)22(29)23-10-6-12-28-13-7-11-24-28/h4-5,7-9,11,13-15H,3,6,10,12H2,1-2H3,(H,23,29). The molecule has 0 unspecified atom stereocenters. The van der Waals surface area contributed by atoms with Gasteiger partial charge in [-0.2, -0.15) is 10.2 Å². The van der Waals surface area contributed by atoms with Crippen LogP contribution >= 0.6 is 0 Å². The largest absolute Gasteiger partial charge is 0.352 e. The van der Waals surface area contributed by atoms with E-state index in [2.05, 4.69) is 15.5 Å². The van der Waals surface area contributed by atoms with Crippen LogP contribution in [0.3, 0.4) is 0 Å². The Balaban J connectivity index is 1.60. The van der Waals surface area contributed by atoms with Crippen LogP contribution in [0.4, 0.5) is 0 Å². The molecule has 0 saturated carbocycles. The van der Waals surface area contributed by atoms with Gasteiger partial charge in [-0.15, -0.1) is 0 Å². The molecule has 0 aliphatic carbocycles. The van der Waals surface area contributed by atoms with E-state index in [1.807, 2.05) is 72.0 Å². The summed E-state index contributed by atoms with van der Waals surface area (Å²) < 4.78 is 3.75. The van der Waals surface area contributed by atoms with Crippen molar-refractivity contribution in [1.82, 2.24) is 29.9 Å². The molecular weight excluding hydrogens is 364 g/mol. The van der Waals surface area contributed by atoms with Crippen LogP contribution in [0.5, 0.6) is 0 Å². The summed E-state index contributed by atoms with van der Waals surface area (Å²) in [6.07, 6.45) is 6.47. The molecule has 3 heterocycles. The lowest BCUT2D eigenvalue weighted by atomic mass is 10.0. The number of fused-ring (bicyclic) bond motifs is 1. The van der Waals surface area contributed by atoms with Crippen molar-refractivity contribution in [2.75, 3.05) is 6.54 Å². The number of carbonyl (C=O) groups excluding carboxylic acids is 1. The number of pyridine rings is 1. The van der Waals surface area contributed by atoms with E-state index >= 15 is 0 Å². The van der Waals surface area contributed by atoms with Crippen LogP contribution < -0.4 is 5.32 Å². The van der Waals surface area contributed by atoms with Gasteiger partial charge in [0, 0.05) is 49.2 Å². The second-order valence-electron chi connectivity index (χ2n) is 6.93. The van der Waals surface area contributed by atoms with Gasteiger partial charge < -0.3 is 5.32 Å². The molecule has 1 aromatic carbocycles. The third-order valence-electron chi connectivity index (χ3n) is 4.92. The molecule has 0 atom stereocenters. The van der Waals surface area contributed by atoms with E-state index in [0.29, 0.717) is 12.1 Å². The first-order valence-electron chi connectivity index (χ1n) is 9.85. The molecule has 0 saturated heterocycles. The Morgan fingerprint density at radius 2 is 2.03 bits per heavy atom. The maximum atomic E-state index is 13.0. The van der Waals surface area contributed by atoms with Gasteiger partial charge in [-0.1, -0.05) is 18.2 Å². The quantitative estimate of drug-likeness (QED) is 0.492. The molecule has 1 N–H and O–H groups in total. The summed E-state index contributed by atoms with van der Waals surface area (Å²) in [5.74, 6) is -0.0918. The number of benzene rings is 1. The Kier molecular flexibility index (Phi) is 5.37. The highest BCUT2D eigenvalue weighted by molar-refractivity contribution is 6.07. The summed E-state index contributed by atoms with van der Waals surface area (Å²) >= 11 is 0. The highest BCUT2D eigenvalue weighted by Crippen LogP contribution is 2.26. The van der Waals surface area contributed by atoms with Crippen molar-refractivity contribution in [2.45, 2.75) is 33.4 Å². The molecule has 4 aromatic rings. The molecule has 0 aliphatic heterocycles. The molecule has 0 fully saturated rings. The molecule has 0 aliphatic rings. The summed E-state index contributed by atoms with van der Waals surface area (Å²) in [6.45, 7) is 6.15. The number of rotatable bonds is 7. The van der Waals surface area contributed by atoms with E-state index in [1.54, 1.807) is 6.20 Å². The predicted octanol–water partition coefficient (Wildman–Crippen LogP) is 3.44. The van der Waals surface area contributed by atoms with Gasteiger partial charge in [-0.3, -0.25) is 14.2 Å². The van der Waals surface area contributed by atoms with Crippen LogP contribution in [0, 0.1) is 6.92 Å². The molecule has 0 spiro atoms. The first-order chi connectivity index (χ1) is 14.2. The average Bonchev–Trinajstić information content (AvgIpc) is 3.39. The lowest BCUT2D eigenvalue weighted by Crippen LogP contribution is -2.25. The normalized spacial score (nSPS) is 11.1. The van der Waals surface area contributed by atoms with Crippen molar-refractivity contribution in [3.8, 4) is 11.3 Å². The van der Waals surface area contributed by atoms with Gasteiger partial charge in [0.2, 0.25) is 0 Å². The van der Waals surface area contributed by atoms with Gasteiger partial charge in [0.05, 0.1) is 22.5 Å². The van der Waals surface area contributed by atoms with Gasteiger partial charge in [-0.25, -0.2) is 4.98 Å². The first-order valence-corrected chi connectivity index (χ1v) is 9.85. The number of aryl methyl sites for hydroxylation is 3. The van der Waals surface area contributed by atoms with E-state index in [4.69, 9.17) is 4.98 Å². The van der Waals surface area contributed by atoms with Crippen LogP contribution in [0.1, 0.15) is 29.4 Å². The fraction of sp³-hybridized carbons (Fsp3) is 0.273. The SMILES string of the molecule is CCn1cc(-c2cc(C(=O)NCCCn3cccn3)c3ccccc3n2)c(C)n1. The number of amides is 1. The number of carbonyl (C=O) groups is 1. The Bertz CT molecular complexity index is 1130. The van der Waals surface area contributed by atoms with Crippen LogP contribution in [0.2, 0.25) is 0 Å². The third kappa shape index (κ3) is 4.03. The van der Waals surface area contributed by atoms with E-state index in [9.17, 15) is 4.79 Å². The molecule has 0 bridgehead atoms. The predicted molar refractivity (Wildman–Crippen MR) is 113 cm³/mol. The minimum absolute atomic E-state index is 0.0918. The number of hydrogen-bond acceptors (Lipinski definition) is 4. The number of hydrogen-bond donors (Lipinski definition) is 1. The zero-order chi connectivity index (χ0) is 20.2. The molecule has 1 amide bonds. The maximum Gasteiger partial charge on any atom is 0.252 e. The minimum atomic E-state index is -0.0918. The second-order valence-corrected chi connectivity index (χ2v) is 6.93. The Labute approximate surface area is 169 Å². The average molecular weight is 388 g/mol. The van der Waals surface area contributed by atoms with Gasteiger partial charge in [0.25, 0.3) is 5.91 Å². The van der Waals surface area contributed by atoms with Crippen LogP contribution in [0.25, 0.3) is 22.2 Å². The highest BCUT2D eigenvalue weighted by atomic mass is 16.1. The Morgan fingerprint density at radius 1 is 1.17 bits per heavy atom. The van der Waals surface area contributed by atoms with E-state index in [1.165, 1.54) is 0 Å². The smallest absolute Gasteiger partial charge is 0.252 e. The van der Waals surface area contributed by atoms with Gasteiger partial charge in [0.1, 0.15) is 0 Å². The Morgan fingerprint density at radius 3 is 2.79 bits per heavy atom. The third-order valence-corrected chi connectivity index (χ3v) is 4.92. The maximum absolute atomic E-state index is 13.0. The van der Waals surface area contributed by atoms with Gasteiger partial charge in [0.15, 0.2) is 0 Å². The molecule has 4 rings (SSSR count). The summed E-state index contributed by atoms with van der Waals surface area (Å²) in [7, 11) is 0. The highest BCUT2D eigenvalue weighted by Gasteiger charge is 2.16. The van der Waals surface area contributed by atoms with E-state index in [0.717, 1.165) is 47.4 Å². The fourth-order valence-corrected chi connectivity index (χ4v) is 3.40. The second kappa shape index (κ2) is 8.26. The molecule has 7 nitrogen and oxygen atoms in total. The fourth-order valence-electron chi connectivity index (χ4n) is 3.40. The number of nitrogens with one attached hydrogen (secondary N) is 1. The van der Waals surface area contributed by atoms with Crippen molar-refractivity contribution >= 4 is 16.8 Å². The van der Waals surface area contributed by atoms with Crippen molar-refractivity contribution in [3.05, 3.63) is 66.2 Å². The lowest BCUT2D eigenvalue weighted by molar-refractivity contribution is 0.0954. The summed E-state index contributed by atoms with van der Waals surface area (Å²) in [5.41, 5.74) is 4.05. The van der Waals surface area contributed by atoms with E-state index in [-0.39, 0.29) is 5.91 Å². The summed E-state index contributed by atoms with van der Waals surface area (Å²) in [4.78, 5) is 17.7. The molecule has 0 radical (unpaired) electrons. The summed E-state index contributed by atoms with van der Waals surface area (Å²) in [6, 6.07) is 11.5. The molecular formula is C22H24N6O. The zero-order valence-electron chi connectivity index (χ0n) is 16.7. The van der Waals surface area contributed by atoms with Crippen molar-refractivity contribution in [1.29, 1.82) is 0 Å². The molecule has 29 heavy (non-hydrogen) atoms. The van der Waals surface area contributed by atoms with Gasteiger partial charge in [-0.05, 0) is 38.5 Å². The summed E-state index contributed by atoms with van der Waals surface area (Å²) in [5, 5.41) is 12.6. The first kappa shape index (κ1) is 18.9. The topological polar surface area (TPSA) is 77.6 Å². The Hall–Kier alpha value is -3.48. The monoisotopic (exact) mass is 388 g/mol. The number of nitrogens with zero attached hydrogens (tertiary/aromatic N) is 5. The molecule has 7 heteroatoms. The van der Waals surface area contributed by atoms with Crippen LogP contribution in [-0.4, -0.2) is 37.0 Å². The lowest BCUT2D eigenvalue weighted by Gasteiger charge is -2.10. The number of aromatic nitrogens is 5.